The molecule has 0 aliphatic carbocycles. The fourth-order valence-corrected chi connectivity index (χ4v) is 2.10. The maximum Gasteiger partial charge on any atom is 0.377 e. The Kier molecular flexibility index (Phi) is 4.78. The van der Waals surface area contributed by atoms with E-state index in [1.54, 1.807) is 32.0 Å². The van der Waals surface area contributed by atoms with Gasteiger partial charge in [0.2, 0.25) is 5.76 Å². The molecule has 20 heavy (non-hydrogen) atoms. The van der Waals surface area contributed by atoms with Crippen LogP contribution in [-0.4, -0.2) is 19.2 Å². The molecule has 0 radical (unpaired) electrons. The Morgan fingerprint density at radius 3 is 2.80 bits per heavy atom. The minimum absolute atomic E-state index is 0.0918. The second-order valence-corrected chi connectivity index (χ2v) is 5.01. The highest BCUT2D eigenvalue weighted by Crippen LogP contribution is 2.32. The normalized spacial score (nSPS) is 18.3. The molecule has 1 aliphatic heterocycles. The van der Waals surface area contributed by atoms with Crippen molar-refractivity contribution < 1.29 is 19.0 Å². The first kappa shape index (κ1) is 15.0. The predicted molar refractivity (Wildman–Crippen MR) is 75.6 cm³/mol. The highest BCUT2D eigenvalue weighted by molar-refractivity contribution is 6.42. The summed E-state index contributed by atoms with van der Waals surface area (Å²) in [4.78, 5) is 11.8. The largest absolute Gasteiger partial charge is 0.490 e. The number of carbonyl (C=O) groups excluding carboxylic acids is 1. The van der Waals surface area contributed by atoms with Gasteiger partial charge in [-0.2, -0.15) is 0 Å². The van der Waals surface area contributed by atoms with E-state index in [9.17, 15) is 4.79 Å². The van der Waals surface area contributed by atoms with Gasteiger partial charge in [0.15, 0.2) is 6.10 Å². The van der Waals surface area contributed by atoms with Gasteiger partial charge in [-0.3, -0.25) is 0 Å². The molecule has 2 rings (SSSR count). The number of esters is 1. The zero-order chi connectivity index (χ0) is 14.7. The Bertz CT molecular complexity index is 554. The fraction of sp³-hybridized carbons (Fsp3) is 0.357. The Labute approximate surface area is 127 Å². The van der Waals surface area contributed by atoms with E-state index < -0.39 is 12.1 Å². The Morgan fingerprint density at radius 1 is 1.40 bits per heavy atom. The fourth-order valence-electron chi connectivity index (χ4n) is 1.79. The molecule has 1 aliphatic rings. The molecule has 1 atom stereocenters. The number of hydrogen-bond acceptors (Lipinski definition) is 4. The number of carbonyl (C=O) groups is 1. The molecule has 0 aromatic heterocycles. The molecule has 6 heteroatoms. The monoisotopic (exact) mass is 316 g/mol. The van der Waals surface area contributed by atoms with Crippen LogP contribution in [0.25, 0.3) is 0 Å². The third-order valence-electron chi connectivity index (χ3n) is 2.81. The molecule has 1 unspecified atom stereocenters. The molecule has 0 saturated heterocycles. The van der Waals surface area contributed by atoms with E-state index in [0.29, 0.717) is 22.4 Å². The molecule has 4 nitrogen and oxygen atoms in total. The lowest BCUT2D eigenvalue weighted by Crippen LogP contribution is -2.23. The van der Waals surface area contributed by atoms with Crippen LogP contribution in [0.5, 0.6) is 0 Å². The highest BCUT2D eigenvalue weighted by atomic mass is 35.5. The van der Waals surface area contributed by atoms with Crippen molar-refractivity contribution in [2.45, 2.75) is 20.0 Å². The smallest absolute Gasteiger partial charge is 0.377 e. The Morgan fingerprint density at radius 2 is 2.15 bits per heavy atom. The zero-order valence-corrected chi connectivity index (χ0v) is 12.6. The number of hydrogen-bond donors (Lipinski definition) is 0. The maximum absolute atomic E-state index is 11.8. The predicted octanol–water partition coefficient (Wildman–Crippen LogP) is 3.88. The van der Waals surface area contributed by atoms with Gasteiger partial charge in [-0.1, -0.05) is 29.3 Å². The molecule has 1 aromatic rings. The van der Waals surface area contributed by atoms with E-state index in [2.05, 4.69) is 0 Å². The minimum atomic E-state index is -0.533. The van der Waals surface area contributed by atoms with Gasteiger partial charge in [-0.25, -0.2) is 4.79 Å². The van der Waals surface area contributed by atoms with Gasteiger partial charge in [-0.05, 0) is 31.5 Å². The zero-order valence-electron chi connectivity index (χ0n) is 11.1. The summed E-state index contributed by atoms with van der Waals surface area (Å²) >= 11 is 11.9. The third-order valence-corrected chi connectivity index (χ3v) is 3.55. The average Bonchev–Trinajstić information content (AvgIpc) is 2.42. The van der Waals surface area contributed by atoms with E-state index in [4.69, 9.17) is 37.4 Å². The summed E-state index contributed by atoms with van der Waals surface area (Å²) in [5.74, 6) is -0.0244. The molecule has 0 amide bonds. The summed E-state index contributed by atoms with van der Waals surface area (Å²) in [6.07, 6.45) is -0.423. The second-order valence-electron chi connectivity index (χ2n) is 4.20. The van der Waals surface area contributed by atoms with E-state index in [1.807, 2.05) is 0 Å². The Balaban J connectivity index is 2.20. The molecule has 0 spiro atoms. The average molecular weight is 317 g/mol. The second kappa shape index (κ2) is 6.37. The minimum Gasteiger partial charge on any atom is -0.490 e. The lowest BCUT2D eigenvalue weighted by molar-refractivity contribution is -0.147. The van der Waals surface area contributed by atoms with Crippen LogP contribution < -0.4 is 0 Å². The van der Waals surface area contributed by atoms with Crippen LogP contribution in [0.1, 0.15) is 25.5 Å². The molecule has 0 N–H and O–H groups in total. The number of halogens is 2. The summed E-state index contributed by atoms with van der Waals surface area (Å²) < 4.78 is 16.1. The van der Waals surface area contributed by atoms with Crippen molar-refractivity contribution >= 4 is 29.2 Å². The lowest BCUT2D eigenvalue weighted by atomic mass is 10.1. The Hall–Kier alpha value is -1.39. The van der Waals surface area contributed by atoms with Crippen LogP contribution in [0.15, 0.2) is 29.7 Å². The van der Waals surface area contributed by atoms with Crippen molar-refractivity contribution in [2.75, 3.05) is 13.2 Å². The standard InChI is InChI=1S/C14H14Cl2O4/c1-3-18-14(17)13-8(2)19-7-12(20-13)9-4-5-10(15)11(16)6-9/h4-6,12H,3,7H2,1-2H3. The summed E-state index contributed by atoms with van der Waals surface area (Å²) in [6, 6.07) is 5.16. The molecular formula is C14H14Cl2O4. The van der Waals surface area contributed by atoms with Crippen LogP contribution in [0.3, 0.4) is 0 Å². The number of ether oxygens (including phenoxy) is 3. The first-order chi connectivity index (χ1) is 9.52. The summed E-state index contributed by atoms with van der Waals surface area (Å²) in [6.45, 7) is 3.97. The number of benzene rings is 1. The van der Waals surface area contributed by atoms with Crippen LogP contribution in [0, 0.1) is 0 Å². The van der Waals surface area contributed by atoms with Crippen molar-refractivity contribution in [3.05, 3.63) is 45.3 Å². The van der Waals surface area contributed by atoms with E-state index in [-0.39, 0.29) is 12.4 Å². The number of allylic oxidation sites excluding steroid dienone is 1. The van der Waals surface area contributed by atoms with Crippen LogP contribution >= 0.6 is 23.2 Å². The molecule has 0 fully saturated rings. The van der Waals surface area contributed by atoms with Crippen LogP contribution in [-0.2, 0) is 19.0 Å². The first-order valence-electron chi connectivity index (χ1n) is 6.15. The van der Waals surface area contributed by atoms with Gasteiger partial charge in [0.25, 0.3) is 0 Å². The SMILES string of the molecule is CCOC(=O)C1=C(C)OCC(c2ccc(Cl)c(Cl)c2)O1. The quantitative estimate of drug-likeness (QED) is 0.794. The van der Waals surface area contributed by atoms with E-state index >= 15 is 0 Å². The van der Waals surface area contributed by atoms with Gasteiger partial charge in [0.05, 0.1) is 16.7 Å². The van der Waals surface area contributed by atoms with Gasteiger partial charge in [0.1, 0.15) is 12.4 Å². The topological polar surface area (TPSA) is 44.8 Å². The lowest BCUT2D eigenvalue weighted by Gasteiger charge is -2.27. The van der Waals surface area contributed by atoms with Gasteiger partial charge in [-0.15, -0.1) is 0 Å². The van der Waals surface area contributed by atoms with Crippen molar-refractivity contribution in [3.63, 3.8) is 0 Å². The molecule has 108 valence electrons. The maximum atomic E-state index is 11.8. The third kappa shape index (κ3) is 3.19. The van der Waals surface area contributed by atoms with Gasteiger partial charge < -0.3 is 14.2 Å². The van der Waals surface area contributed by atoms with E-state index in [1.165, 1.54) is 0 Å². The molecule has 1 aromatic carbocycles. The summed E-state index contributed by atoms with van der Waals surface area (Å²) in [5.41, 5.74) is 0.786. The first-order valence-corrected chi connectivity index (χ1v) is 6.91. The van der Waals surface area contributed by atoms with Crippen LogP contribution in [0.2, 0.25) is 10.0 Å². The van der Waals surface area contributed by atoms with E-state index in [0.717, 1.165) is 5.56 Å². The highest BCUT2D eigenvalue weighted by Gasteiger charge is 2.28. The van der Waals surface area contributed by atoms with Gasteiger partial charge >= 0.3 is 5.97 Å². The van der Waals surface area contributed by atoms with Crippen molar-refractivity contribution in [1.82, 2.24) is 0 Å². The summed E-state index contributed by atoms with van der Waals surface area (Å²) in [7, 11) is 0. The molecule has 0 bridgehead atoms. The molecule has 1 heterocycles. The van der Waals surface area contributed by atoms with Crippen molar-refractivity contribution in [1.29, 1.82) is 0 Å². The summed E-state index contributed by atoms with van der Waals surface area (Å²) in [5, 5.41) is 0.890. The van der Waals surface area contributed by atoms with Gasteiger partial charge in [0, 0.05) is 0 Å². The van der Waals surface area contributed by atoms with Crippen molar-refractivity contribution in [2.24, 2.45) is 0 Å². The molecule has 0 saturated carbocycles. The number of rotatable bonds is 3. The van der Waals surface area contributed by atoms with Crippen LogP contribution in [0.4, 0.5) is 0 Å². The van der Waals surface area contributed by atoms with Crippen molar-refractivity contribution in [3.8, 4) is 0 Å². The molecular weight excluding hydrogens is 303 g/mol.